The van der Waals surface area contributed by atoms with E-state index in [0.717, 1.165) is 0 Å². The fourth-order valence-corrected chi connectivity index (χ4v) is 2.26. The van der Waals surface area contributed by atoms with E-state index in [0.29, 0.717) is 21.7 Å². The van der Waals surface area contributed by atoms with Crippen LogP contribution in [-0.2, 0) is 4.74 Å². The van der Waals surface area contributed by atoms with E-state index in [-0.39, 0.29) is 11.9 Å². The van der Waals surface area contributed by atoms with Crippen molar-refractivity contribution in [2.45, 2.75) is 13.0 Å². The number of carbonyl (C=O) groups is 1. The standard InChI is InChI=1S/C12H15BrClNO2/c1-8(7-17-3)15(2)12(16)10-5-4-9(14)6-11(10)13/h4-6,8H,7H2,1-3H3. The van der Waals surface area contributed by atoms with Gasteiger partial charge in [0.05, 0.1) is 18.2 Å². The Morgan fingerprint density at radius 3 is 2.76 bits per heavy atom. The summed E-state index contributed by atoms with van der Waals surface area (Å²) >= 11 is 9.18. The van der Waals surface area contributed by atoms with Gasteiger partial charge in [-0.1, -0.05) is 11.6 Å². The van der Waals surface area contributed by atoms with Crippen molar-refractivity contribution in [2.24, 2.45) is 0 Å². The van der Waals surface area contributed by atoms with Gasteiger partial charge in [0, 0.05) is 23.7 Å². The van der Waals surface area contributed by atoms with Gasteiger partial charge in [0.15, 0.2) is 0 Å². The zero-order valence-corrected chi connectivity index (χ0v) is 12.4. The molecular weight excluding hydrogens is 305 g/mol. The summed E-state index contributed by atoms with van der Waals surface area (Å²) in [7, 11) is 3.38. The second-order valence-electron chi connectivity index (χ2n) is 3.84. The van der Waals surface area contributed by atoms with Gasteiger partial charge in [0.1, 0.15) is 0 Å². The second kappa shape index (κ2) is 6.38. The number of halogens is 2. The third-order valence-electron chi connectivity index (χ3n) is 2.55. The van der Waals surface area contributed by atoms with Crippen LogP contribution in [0.25, 0.3) is 0 Å². The summed E-state index contributed by atoms with van der Waals surface area (Å²) in [6, 6.07) is 5.15. The smallest absolute Gasteiger partial charge is 0.255 e. The summed E-state index contributed by atoms with van der Waals surface area (Å²) in [5, 5.41) is 0.598. The van der Waals surface area contributed by atoms with Crippen LogP contribution in [0.5, 0.6) is 0 Å². The Morgan fingerprint density at radius 2 is 2.24 bits per heavy atom. The largest absolute Gasteiger partial charge is 0.383 e. The van der Waals surface area contributed by atoms with Gasteiger partial charge >= 0.3 is 0 Å². The van der Waals surface area contributed by atoms with Crippen LogP contribution < -0.4 is 0 Å². The highest BCUT2D eigenvalue weighted by atomic mass is 79.9. The summed E-state index contributed by atoms with van der Waals surface area (Å²) in [6.45, 7) is 2.44. The topological polar surface area (TPSA) is 29.5 Å². The normalized spacial score (nSPS) is 12.3. The van der Waals surface area contributed by atoms with Gasteiger partial charge in [0.2, 0.25) is 0 Å². The molecule has 5 heteroatoms. The van der Waals surface area contributed by atoms with Crippen LogP contribution in [0.1, 0.15) is 17.3 Å². The van der Waals surface area contributed by atoms with E-state index in [1.807, 2.05) is 6.92 Å². The van der Waals surface area contributed by atoms with Crippen molar-refractivity contribution in [2.75, 3.05) is 20.8 Å². The minimum atomic E-state index is -0.0573. The number of nitrogens with zero attached hydrogens (tertiary/aromatic N) is 1. The molecule has 17 heavy (non-hydrogen) atoms. The van der Waals surface area contributed by atoms with Gasteiger partial charge in [-0.25, -0.2) is 0 Å². The lowest BCUT2D eigenvalue weighted by Crippen LogP contribution is -2.37. The number of carbonyl (C=O) groups excluding carboxylic acids is 1. The van der Waals surface area contributed by atoms with Gasteiger partial charge in [-0.2, -0.15) is 0 Å². The van der Waals surface area contributed by atoms with E-state index < -0.39 is 0 Å². The van der Waals surface area contributed by atoms with Crippen molar-refractivity contribution < 1.29 is 9.53 Å². The van der Waals surface area contributed by atoms with Gasteiger partial charge in [-0.15, -0.1) is 0 Å². The van der Waals surface area contributed by atoms with Crippen LogP contribution >= 0.6 is 27.5 Å². The zero-order chi connectivity index (χ0) is 13.0. The lowest BCUT2D eigenvalue weighted by Gasteiger charge is -2.24. The molecule has 3 nitrogen and oxygen atoms in total. The molecule has 0 aliphatic heterocycles. The van der Waals surface area contributed by atoms with Crippen LogP contribution in [0.4, 0.5) is 0 Å². The van der Waals surface area contributed by atoms with Gasteiger partial charge in [0.25, 0.3) is 5.91 Å². The van der Waals surface area contributed by atoms with E-state index in [1.165, 1.54) is 0 Å². The predicted octanol–water partition coefficient (Wildman–Crippen LogP) is 3.21. The van der Waals surface area contributed by atoms with Crippen molar-refractivity contribution in [1.82, 2.24) is 4.90 Å². The Hall–Kier alpha value is -0.580. The highest BCUT2D eigenvalue weighted by Crippen LogP contribution is 2.23. The van der Waals surface area contributed by atoms with E-state index in [4.69, 9.17) is 16.3 Å². The SMILES string of the molecule is COCC(C)N(C)C(=O)c1ccc(Cl)cc1Br. The molecular formula is C12H15BrClNO2. The maximum atomic E-state index is 12.2. The number of ether oxygens (including phenoxy) is 1. The monoisotopic (exact) mass is 319 g/mol. The highest BCUT2D eigenvalue weighted by Gasteiger charge is 2.19. The van der Waals surface area contributed by atoms with Crippen molar-refractivity contribution in [3.63, 3.8) is 0 Å². The molecule has 1 atom stereocenters. The van der Waals surface area contributed by atoms with E-state index in [2.05, 4.69) is 15.9 Å². The maximum Gasteiger partial charge on any atom is 0.255 e. The molecule has 0 aliphatic carbocycles. The fourth-order valence-electron chi connectivity index (χ4n) is 1.41. The highest BCUT2D eigenvalue weighted by molar-refractivity contribution is 9.10. The first-order chi connectivity index (χ1) is 7.97. The summed E-state index contributed by atoms with van der Waals surface area (Å²) < 4.78 is 5.73. The number of rotatable bonds is 4. The first-order valence-electron chi connectivity index (χ1n) is 5.18. The van der Waals surface area contributed by atoms with E-state index in [9.17, 15) is 4.79 Å². The van der Waals surface area contributed by atoms with Crippen LogP contribution in [-0.4, -0.2) is 37.6 Å². The third kappa shape index (κ3) is 3.69. The Kier molecular flexibility index (Phi) is 5.43. The molecule has 1 aromatic rings. The summed E-state index contributed by atoms with van der Waals surface area (Å²) in [4.78, 5) is 13.8. The van der Waals surface area contributed by atoms with Gasteiger partial charge < -0.3 is 9.64 Å². The molecule has 0 spiro atoms. The molecule has 0 aromatic heterocycles. The van der Waals surface area contributed by atoms with Gasteiger partial charge in [-0.3, -0.25) is 4.79 Å². The molecule has 0 saturated carbocycles. The first-order valence-corrected chi connectivity index (χ1v) is 6.35. The zero-order valence-electron chi connectivity index (χ0n) is 10.0. The summed E-state index contributed by atoms with van der Waals surface area (Å²) in [6.07, 6.45) is 0. The molecule has 0 bridgehead atoms. The number of methoxy groups -OCH3 is 1. The second-order valence-corrected chi connectivity index (χ2v) is 5.14. The van der Waals surface area contributed by atoms with Crippen LogP contribution in [0.3, 0.4) is 0 Å². The molecule has 1 unspecified atom stereocenters. The molecule has 0 saturated heterocycles. The number of hydrogen-bond acceptors (Lipinski definition) is 2. The predicted molar refractivity (Wildman–Crippen MR) is 72.6 cm³/mol. The van der Waals surface area contributed by atoms with Gasteiger partial charge in [-0.05, 0) is 41.1 Å². The molecule has 0 heterocycles. The quantitative estimate of drug-likeness (QED) is 0.852. The van der Waals surface area contributed by atoms with Crippen LogP contribution in [0, 0.1) is 0 Å². The van der Waals surface area contributed by atoms with Crippen molar-refractivity contribution in [1.29, 1.82) is 0 Å². The molecule has 0 aliphatic rings. The van der Waals surface area contributed by atoms with Crippen molar-refractivity contribution >= 4 is 33.4 Å². The molecule has 1 aromatic carbocycles. The van der Waals surface area contributed by atoms with Crippen LogP contribution in [0.2, 0.25) is 5.02 Å². The minimum Gasteiger partial charge on any atom is -0.383 e. The molecule has 1 rings (SSSR count). The molecule has 94 valence electrons. The first kappa shape index (κ1) is 14.5. The number of benzene rings is 1. The average Bonchev–Trinajstić information content (AvgIpc) is 2.27. The Labute approximate surface area is 115 Å². The summed E-state index contributed by atoms with van der Waals surface area (Å²) in [5.74, 6) is -0.0573. The molecule has 1 amide bonds. The van der Waals surface area contributed by atoms with Crippen molar-refractivity contribution in [3.05, 3.63) is 33.3 Å². The Balaban J connectivity index is 2.88. The third-order valence-corrected chi connectivity index (χ3v) is 3.44. The lowest BCUT2D eigenvalue weighted by molar-refractivity contribution is 0.0632. The number of amides is 1. The Morgan fingerprint density at radius 1 is 1.59 bits per heavy atom. The Bertz CT molecular complexity index is 411. The molecule has 0 N–H and O–H groups in total. The molecule has 0 fully saturated rings. The number of likely N-dealkylation sites (N-methyl/N-ethyl adjacent to an activating group) is 1. The van der Waals surface area contributed by atoms with E-state index in [1.54, 1.807) is 37.3 Å². The summed E-state index contributed by atoms with van der Waals surface area (Å²) in [5.41, 5.74) is 0.597. The molecule has 0 radical (unpaired) electrons. The minimum absolute atomic E-state index is 0.0232. The van der Waals surface area contributed by atoms with Crippen molar-refractivity contribution in [3.8, 4) is 0 Å². The van der Waals surface area contributed by atoms with Crippen LogP contribution in [0.15, 0.2) is 22.7 Å². The fraction of sp³-hybridized carbons (Fsp3) is 0.417. The average molecular weight is 321 g/mol. The maximum absolute atomic E-state index is 12.2. The number of hydrogen-bond donors (Lipinski definition) is 0. The lowest BCUT2D eigenvalue weighted by atomic mass is 10.2. The van der Waals surface area contributed by atoms with E-state index >= 15 is 0 Å².